The molecule has 5 atom stereocenters. The average Bonchev–Trinajstić information content (AvgIpc) is 2.68. The monoisotopic (exact) mass is 461 g/mol. The Hall–Kier alpha value is -2.24. The lowest BCUT2D eigenvalue weighted by atomic mass is 9.96. The number of methoxy groups -OCH3 is 1. The maximum absolute atomic E-state index is 11.8. The number of carbonyl (C=O) groups is 4. The van der Waals surface area contributed by atoms with Gasteiger partial charge in [0.05, 0.1) is 0 Å². The molecule has 11 nitrogen and oxygen atoms in total. The summed E-state index contributed by atoms with van der Waals surface area (Å²) in [5.41, 5.74) is 0. The molecule has 32 heavy (non-hydrogen) atoms. The van der Waals surface area contributed by atoms with Crippen LogP contribution in [0.5, 0.6) is 0 Å². The zero-order valence-corrected chi connectivity index (χ0v) is 19.4. The van der Waals surface area contributed by atoms with Crippen LogP contribution in [0.25, 0.3) is 0 Å². The summed E-state index contributed by atoms with van der Waals surface area (Å²) < 4.78 is 32.6. The number of hydrogen-bond donors (Lipinski definition) is 1. The molecule has 1 N–H and O–H groups in total. The molecule has 0 aromatic heterocycles. The van der Waals surface area contributed by atoms with E-state index in [2.05, 4.69) is 5.32 Å². The van der Waals surface area contributed by atoms with Gasteiger partial charge in [-0.2, -0.15) is 0 Å². The fourth-order valence-electron chi connectivity index (χ4n) is 3.33. The van der Waals surface area contributed by atoms with Gasteiger partial charge in [-0.1, -0.05) is 12.8 Å². The number of esters is 3. The Bertz CT molecular complexity index is 626. The first-order valence-corrected chi connectivity index (χ1v) is 10.7. The van der Waals surface area contributed by atoms with Crippen LogP contribution >= 0.6 is 0 Å². The maximum Gasteiger partial charge on any atom is 0.303 e. The van der Waals surface area contributed by atoms with Crippen molar-refractivity contribution in [1.29, 1.82) is 0 Å². The molecule has 1 saturated heterocycles. The molecule has 0 aliphatic carbocycles. The van der Waals surface area contributed by atoms with Gasteiger partial charge in [0.2, 0.25) is 5.91 Å². The molecule has 1 amide bonds. The second kappa shape index (κ2) is 14.8. The fourth-order valence-corrected chi connectivity index (χ4v) is 3.33. The highest BCUT2D eigenvalue weighted by atomic mass is 16.7. The summed E-state index contributed by atoms with van der Waals surface area (Å²) in [4.78, 5) is 46.6. The predicted octanol–water partition coefficient (Wildman–Crippen LogP) is 0.866. The first-order chi connectivity index (χ1) is 15.1. The zero-order chi connectivity index (χ0) is 24.1. The van der Waals surface area contributed by atoms with Gasteiger partial charge in [-0.15, -0.1) is 0 Å². The number of nitrogens with one attached hydrogen (secondary N) is 1. The third kappa shape index (κ3) is 10.4. The molecule has 0 aromatic rings. The highest BCUT2D eigenvalue weighted by Gasteiger charge is 2.51. The van der Waals surface area contributed by atoms with Gasteiger partial charge in [0, 0.05) is 48.0 Å². The summed E-state index contributed by atoms with van der Waals surface area (Å²) in [5.74, 6) is -2.27. The predicted molar refractivity (Wildman–Crippen MR) is 110 cm³/mol. The Morgan fingerprint density at radius 1 is 0.812 bits per heavy atom. The van der Waals surface area contributed by atoms with E-state index in [0.29, 0.717) is 13.2 Å². The van der Waals surface area contributed by atoms with E-state index in [9.17, 15) is 19.2 Å². The molecule has 0 spiro atoms. The summed E-state index contributed by atoms with van der Waals surface area (Å²) in [7, 11) is 1.65. The van der Waals surface area contributed by atoms with Crippen LogP contribution in [0.1, 0.15) is 53.4 Å². The number of unbranched alkanes of at least 4 members (excludes halogenated alkanes) is 3. The lowest BCUT2D eigenvalue weighted by Crippen LogP contribution is -2.66. The Morgan fingerprint density at radius 2 is 1.41 bits per heavy atom. The Balaban J connectivity index is 3.01. The summed E-state index contributed by atoms with van der Waals surface area (Å²) >= 11 is 0. The van der Waals surface area contributed by atoms with E-state index in [4.69, 9.17) is 28.4 Å². The molecular formula is C21H35NO10. The normalized spacial score (nSPS) is 25.0. The molecule has 1 rings (SSSR count). The van der Waals surface area contributed by atoms with Gasteiger partial charge in [-0.25, -0.2) is 0 Å². The Morgan fingerprint density at radius 3 is 1.94 bits per heavy atom. The van der Waals surface area contributed by atoms with Gasteiger partial charge in [0.1, 0.15) is 18.8 Å². The number of rotatable bonds is 13. The Labute approximate surface area is 188 Å². The van der Waals surface area contributed by atoms with Crippen molar-refractivity contribution in [2.45, 2.75) is 84.0 Å². The van der Waals surface area contributed by atoms with Crippen LogP contribution in [-0.2, 0) is 47.6 Å². The highest BCUT2D eigenvalue weighted by Crippen LogP contribution is 2.28. The van der Waals surface area contributed by atoms with Crippen molar-refractivity contribution < 1.29 is 47.6 Å². The van der Waals surface area contributed by atoms with E-state index >= 15 is 0 Å². The minimum atomic E-state index is -1.12. The molecule has 1 aliphatic rings. The lowest BCUT2D eigenvalue weighted by Gasteiger charge is -2.44. The van der Waals surface area contributed by atoms with Gasteiger partial charge >= 0.3 is 17.9 Å². The van der Waals surface area contributed by atoms with Crippen molar-refractivity contribution in [3.63, 3.8) is 0 Å². The third-order valence-corrected chi connectivity index (χ3v) is 4.60. The summed E-state index contributed by atoms with van der Waals surface area (Å²) in [6, 6.07) is -0.942. The SMILES string of the molecule is COCCCCCCO[C@@H]1OC(COC(C)=O)[C@H](OC(C)=O)C(OC(C)=O)C1NC(C)=O. The fraction of sp³-hybridized carbons (Fsp3) is 0.810. The molecule has 1 heterocycles. The highest BCUT2D eigenvalue weighted by molar-refractivity contribution is 5.73. The molecule has 1 aliphatic heterocycles. The molecule has 0 radical (unpaired) electrons. The van der Waals surface area contributed by atoms with E-state index in [-0.39, 0.29) is 6.61 Å². The van der Waals surface area contributed by atoms with Crippen LogP contribution in [0.2, 0.25) is 0 Å². The molecule has 1 fully saturated rings. The van der Waals surface area contributed by atoms with Gasteiger partial charge in [-0.3, -0.25) is 19.2 Å². The smallest absolute Gasteiger partial charge is 0.303 e. The van der Waals surface area contributed by atoms with Crippen molar-refractivity contribution >= 4 is 23.8 Å². The second-order valence-corrected chi connectivity index (χ2v) is 7.50. The standard InChI is InChI=1S/C21H35NO10/c1-13(23)22-18-20(31-16(4)26)19(30-15(3)25)17(12-29-14(2)24)32-21(18)28-11-9-7-6-8-10-27-5/h17-21H,6-12H2,1-5H3,(H,22,23)/t17?,18?,19-,20?,21+/m0/s1. The van der Waals surface area contributed by atoms with E-state index in [0.717, 1.165) is 25.7 Å². The van der Waals surface area contributed by atoms with Crippen molar-refractivity contribution in [2.75, 3.05) is 26.9 Å². The molecular weight excluding hydrogens is 426 g/mol. The Kier molecular flexibility index (Phi) is 12.8. The van der Waals surface area contributed by atoms with Gasteiger partial charge in [0.15, 0.2) is 18.5 Å². The molecule has 0 bridgehead atoms. The van der Waals surface area contributed by atoms with Crippen LogP contribution in [-0.4, -0.2) is 81.4 Å². The van der Waals surface area contributed by atoms with Gasteiger partial charge in [0.25, 0.3) is 0 Å². The molecule has 184 valence electrons. The van der Waals surface area contributed by atoms with E-state index in [1.807, 2.05) is 0 Å². The summed E-state index contributed by atoms with van der Waals surface area (Å²) in [5, 5.41) is 2.66. The molecule has 3 unspecified atom stereocenters. The van der Waals surface area contributed by atoms with Crippen LogP contribution in [0, 0.1) is 0 Å². The van der Waals surface area contributed by atoms with Crippen molar-refractivity contribution in [3.8, 4) is 0 Å². The average molecular weight is 462 g/mol. The van der Waals surface area contributed by atoms with E-state index in [1.54, 1.807) is 7.11 Å². The zero-order valence-electron chi connectivity index (χ0n) is 19.4. The van der Waals surface area contributed by atoms with Crippen molar-refractivity contribution in [2.24, 2.45) is 0 Å². The minimum Gasteiger partial charge on any atom is -0.463 e. The summed E-state index contributed by atoms with van der Waals surface area (Å²) in [6.45, 7) is 5.66. The number of carbonyl (C=O) groups excluding carboxylic acids is 4. The lowest BCUT2D eigenvalue weighted by molar-refractivity contribution is -0.277. The minimum absolute atomic E-state index is 0.255. The third-order valence-electron chi connectivity index (χ3n) is 4.60. The van der Waals surface area contributed by atoms with Gasteiger partial charge in [-0.05, 0) is 12.8 Å². The van der Waals surface area contributed by atoms with Crippen LogP contribution in [0.3, 0.4) is 0 Å². The topological polar surface area (TPSA) is 136 Å². The second-order valence-electron chi connectivity index (χ2n) is 7.50. The number of ether oxygens (including phenoxy) is 6. The molecule has 0 aromatic carbocycles. The van der Waals surface area contributed by atoms with Crippen molar-refractivity contribution in [1.82, 2.24) is 5.32 Å². The number of amides is 1. The largest absolute Gasteiger partial charge is 0.463 e. The van der Waals surface area contributed by atoms with E-state index < -0.39 is 54.5 Å². The summed E-state index contributed by atoms with van der Waals surface area (Å²) in [6.07, 6.45) is -0.676. The van der Waals surface area contributed by atoms with Gasteiger partial charge < -0.3 is 33.7 Å². The van der Waals surface area contributed by atoms with Crippen LogP contribution in [0.4, 0.5) is 0 Å². The first kappa shape index (κ1) is 27.8. The van der Waals surface area contributed by atoms with Crippen molar-refractivity contribution in [3.05, 3.63) is 0 Å². The number of hydrogen-bond acceptors (Lipinski definition) is 10. The molecule has 0 saturated carbocycles. The van der Waals surface area contributed by atoms with Crippen LogP contribution in [0.15, 0.2) is 0 Å². The quantitative estimate of drug-likeness (QED) is 0.239. The maximum atomic E-state index is 11.8. The first-order valence-electron chi connectivity index (χ1n) is 10.7. The van der Waals surface area contributed by atoms with Crippen LogP contribution < -0.4 is 5.32 Å². The molecule has 11 heteroatoms. The van der Waals surface area contributed by atoms with E-state index in [1.165, 1.54) is 27.7 Å².